The van der Waals surface area contributed by atoms with Crippen LogP contribution in [0.5, 0.6) is 0 Å². The van der Waals surface area contributed by atoms with Crippen LogP contribution in [0, 0.1) is 6.92 Å². The van der Waals surface area contributed by atoms with E-state index in [9.17, 15) is 4.79 Å². The molecule has 3 aromatic rings. The minimum Gasteiger partial charge on any atom is -0.383 e. The third-order valence-electron chi connectivity index (χ3n) is 5.40. The van der Waals surface area contributed by atoms with Crippen molar-refractivity contribution < 1.29 is 9.53 Å². The Morgan fingerprint density at radius 3 is 2.59 bits per heavy atom. The van der Waals surface area contributed by atoms with Crippen LogP contribution in [0.4, 0.5) is 5.69 Å². The van der Waals surface area contributed by atoms with Gasteiger partial charge in [0, 0.05) is 13.5 Å². The van der Waals surface area contributed by atoms with Gasteiger partial charge in [0.2, 0.25) is 5.91 Å². The summed E-state index contributed by atoms with van der Waals surface area (Å²) in [6.07, 6.45) is 1.65. The lowest BCUT2D eigenvalue weighted by Gasteiger charge is -2.32. The summed E-state index contributed by atoms with van der Waals surface area (Å²) < 4.78 is 7.46. The van der Waals surface area contributed by atoms with Gasteiger partial charge in [0.1, 0.15) is 12.4 Å². The van der Waals surface area contributed by atoms with E-state index in [1.54, 1.807) is 7.11 Å². The number of carbonyl (C=O) groups excluding carboxylic acids is 1. The third kappa shape index (κ3) is 4.20. The molecule has 3 rings (SSSR count). The summed E-state index contributed by atoms with van der Waals surface area (Å²) in [7, 11) is 1.68. The number of aryl methyl sites for hydroxylation is 3. The SMILES string of the molecule is CCc1cccc(C)c1N(C(=O)Cn1c(CC)nc2ccccc21)[C@H](C)COC. The highest BCUT2D eigenvalue weighted by molar-refractivity contribution is 5.96. The number of hydrogen-bond donors (Lipinski definition) is 0. The van der Waals surface area contributed by atoms with Crippen molar-refractivity contribution in [2.45, 2.75) is 53.1 Å². The second-order valence-electron chi connectivity index (χ2n) is 7.46. The molecule has 154 valence electrons. The van der Waals surface area contributed by atoms with Gasteiger partial charge in [0.05, 0.1) is 29.4 Å². The second-order valence-corrected chi connectivity index (χ2v) is 7.46. The van der Waals surface area contributed by atoms with Gasteiger partial charge in [-0.3, -0.25) is 4.79 Å². The number of amides is 1. The first-order valence-corrected chi connectivity index (χ1v) is 10.3. The third-order valence-corrected chi connectivity index (χ3v) is 5.40. The van der Waals surface area contributed by atoms with E-state index in [1.165, 1.54) is 5.56 Å². The first-order chi connectivity index (χ1) is 14.0. The summed E-state index contributed by atoms with van der Waals surface area (Å²) in [5, 5.41) is 0. The summed E-state index contributed by atoms with van der Waals surface area (Å²) >= 11 is 0. The molecule has 5 nitrogen and oxygen atoms in total. The molecule has 2 aromatic carbocycles. The van der Waals surface area contributed by atoms with Crippen molar-refractivity contribution in [1.29, 1.82) is 0 Å². The quantitative estimate of drug-likeness (QED) is 0.565. The van der Waals surface area contributed by atoms with E-state index < -0.39 is 0 Å². The topological polar surface area (TPSA) is 47.4 Å². The van der Waals surface area contributed by atoms with Crippen LogP contribution in [0.3, 0.4) is 0 Å². The summed E-state index contributed by atoms with van der Waals surface area (Å²) in [5.41, 5.74) is 5.21. The maximum atomic E-state index is 13.7. The number of para-hydroxylation sites is 3. The molecule has 0 spiro atoms. The zero-order chi connectivity index (χ0) is 21.0. The monoisotopic (exact) mass is 393 g/mol. The van der Waals surface area contributed by atoms with E-state index in [1.807, 2.05) is 40.7 Å². The summed E-state index contributed by atoms with van der Waals surface area (Å²) in [4.78, 5) is 20.3. The van der Waals surface area contributed by atoms with E-state index >= 15 is 0 Å². The molecular weight excluding hydrogens is 362 g/mol. The van der Waals surface area contributed by atoms with Crippen molar-refractivity contribution in [1.82, 2.24) is 9.55 Å². The molecular formula is C24H31N3O2. The van der Waals surface area contributed by atoms with Crippen LogP contribution in [-0.4, -0.2) is 35.2 Å². The Hall–Kier alpha value is -2.66. The molecule has 0 bridgehead atoms. The lowest BCUT2D eigenvalue weighted by atomic mass is 10.0. The fraction of sp³-hybridized carbons (Fsp3) is 0.417. The lowest BCUT2D eigenvalue weighted by molar-refractivity contribution is -0.119. The number of aromatic nitrogens is 2. The van der Waals surface area contributed by atoms with Gasteiger partial charge in [0.25, 0.3) is 0 Å². The standard InChI is InChI=1S/C24H31N3O2/c1-6-19-12-10-11-17(3)24(19)27(18(4)16-29-5)23(28)15-26-21-14-9-8-13-20(21)25-22(26)7-2/h8-14,18H,6-7,15-16H2,1-5H3/t18-/m1/s1. The number of benzene rings is 2. The predicted octanol–water partition coefficient (Wildman–Crippen LogP) is 4.54. The number of hydrogen-bond acceptors (Lipinski definition) is 3. The number of carbonyl (C=O) groups is 1. The Morgan fingerprint density at radius 2 is 1.90 bits per heavy atom. The lowest BCUT2D eigenvalue weighted by Crippen LogP contribution is -2.44. The van der Waals surface area contributed by atoms with Gasteiger partial charge < -0.3 is 14.2 Å². The first-order valence-electron chi connectivity index (χ1n) is 10.3. The molecule has 0 saturated heterocycles. The summed E-state index contributed by atoms with van der Waals surface area (Å²) in [5.74, 6) is 0.982. The number of ether oxygens (including phenoxy) is 1. The molecule has 1 amide bonds. The Labute approximate surface area is 173 Å². The Balaban J connectivity index is 2.06. The van der Waals surface area contributed by atoms with Crippen LogP contribution in [0.2, 0.25) is 0 Å². The summed E-state index contributed by atoms with van der Waals surface area (Å²) in [6, 6.07) is 14.2. The normalized spacial score (nSPS) is 12.3. The zero-order valence-corrected chi connectivity index (χ0v) is 18.1. The van der Waals surface area contributed by atoms with E-state index in [4.69, 9.17) is 9.72 Å². The average molecular weight is 394 g/mol. The van der Waals surface area contributed by atoms with Crippen LogP contribution >= 0.6 is 0 Å². The van der Waals surface area contributed by atoms with Crippen molar-refractivity contribution in [2.75, 3.05) is 18.6 Å². The fourth-order valence-corrected chi connectivity index (χ4v) is 4.04. The van der Waals surface area contributed by atoms with Gasteiger partial charge in [-0.25, -0.2) is 4.98 Å². The van der Waals surface area contributed by atoms with Crippen molar-refractivity contribution >= 4 is 22.6 Å². The first kappa shape index (κ1) is 21.1. The molecule has 0 N–H and O–H groups in total. The molecule has 0 radical (unpaired) electrons. The number of nitrogens with zero attached hydrogens (tertiary/aromatic N) is 3. The van der Waals surface area contributed by atoms with Crippen molar-refractivity contribution in [3.63, 3.8) is 0 Å². The molecule has 0 fully saturated rings. The van der Waals surface area contributed by atoms with Gasteiger partial charge >= 0.3 is 0 Å². The van der Waals surface area contributed by atoms with E-state index in [0.717, 1.165) is 41.0 Å². The highest BCUT2D eigenvalue weighted by Gasteiger charge is 2.26. The molecule has 1 aromatic heterocycles. The molecule has 5 heteroatoms. The smallest absolute Gasteiger partial charge is 0.247 e. The molecule has 29 heavy (non-hydrogen) atoms. The van der Waals surface area contributed by atoms with Gasteiger partial charge in [-0.2, -0.15) is 0 Å². The molecule has 1 heterocycles. The van der Waals surface area contributed by atoms with Crippen LogP contribution < -0.4 is 4.90 Å². The van der Waals surface area contributed by atoms with E-state index in [0.29, 0.717) is 6.61 Å². The van der Waals surface area contributed by atoms with Crippen molar-refractivity contribution in [3.05, 3.63) is 59.4 Å². The highest BCUT2D eigenvalue weighted by atomic mass is 16.5. The van der Waals surface area contributed by atoms with Crippen LogP contribution in [0.25, 0.3) is 11.0 Å². The predicted molar refractivity (Wildman–Crippen MR) is 118 cm³/mol. The van der Waals surface area contributed by atoms with Crippen LogP contribution in [0.15, 0.2) is 42.5 Å². The van der Waals surface area contributed by atoms with E-state index in [-0.39, 0.29) is 18.5 Å². The minimum absolute atomic E-state index is 0.0522. The van der Waals surface area contributed by atoms with Gasteiger partial charge in [-0.05, 0) is 43.5 Å². The number of methoxy groups -OCH3 is 1. The van der Waals surface area contributed by atoms with Gasteiger partial charge in [-0.15, -0.1) is 0 Å². The fourth-order valence-electron chi connectivity index (χ4n) is 4.04. The molecule has 0 unspecified atom stereocenters. The van der Waals surface area contributed by atoms with E-state index in [2.05, 4.69) is 39.0 Å². The maximum absolute atomic E-state index is 13.7. The number of fused-ring (bicyclic) bond motifs is 1. The van der Waals surface area contributed by atoms with Crippen molar-refractivity contribution in [2.24, 2.45) is 0 Å². The van der Waals surface area contributed by atoms with Crippen LogP contribution in [0.1, 0.15) is 37.7 Å². The van der Waals surface area contributed by atoms with Crippen molar-refractivity contribution in [3.8, 4) is 0 Å². The Morgan fingerprint density at radius 1 is 1.14 bits per heavy atom. The largest absolute Gasteiger partial charge is 0.383 e. The Kier molecular flexibility index (Phi) is 6.70. The van der Waals surface area contributed by atoms with Gasteiger partial charge in [0.15, 0.2) is 0 Å². The summed E-state index contributed by atoms with van der Waals surface area (Å²) in [6.45, 7) is 9.05. The second kappa shape index (κ2) is 9.23. The number of rotatable bonds is 8. The molecule has 0 aliphatic rings. The molecule has 0 aliphatic carbocycles. The molecule has 1 atom stereocenters. The van der Waals surface area contributed by atoms with Crippen LogP contribution in [-0.2, 0) is 28.9 Å². The molecule has 0 aliphatic heterocycles. The average Bonchev–Trinajstić information content (AvgIpc) is 3.07. The Bertz CT molecular complexity index is 993. The minimum atomic E-state index is -0.0706. The highest BCUT2D eigenvalue weighted by Crippen LogP contribution is 2.29. The maximum Gasteiger partial charge on any atom is 0.247 e. The zero-order valence-electron chi connectivity index (χ0n) is 18.1. The van der Waals surface area contributed by atoms with Gasteiger partial charge in [-0.1, -0.05) is 44.2 Å². The number of anilines is 1. The number of imidazole rings is 1. The molecule has 0 saturated carbocycles.